The number of aromatic nitrogens is 4. The minimum Gasteiger partial charge on any atom is -0.348 e. The molecule has 0 aliphatic heterocycles. The Labute approximate surface area is 144 Å². The first kappa shape index (κ1) is 15.2. The molecule has 0 aliphatic carbocycles. The summed E-state index contributed by atoms with van der Waals surface area (Å²) in [5.41, 5.74) is 3.61. The standard InChI is InChI=1S/C20H15FN4/c21-17-8-6-14(7-9-17)10-19-22-13-18(25-19)16-11-23-20(24-12-16)15-4-2-1-3-5-15/h1-9,11-13H,10H2,(H,22,25). The second-order valence-electron chi connectivity index (χ2n) is 5.70. The van der Waals surface area contributed by atoms with Crippen LogP contribution in [0.1, 0.15) is 11.4 Å². The molecule has 122 valence electrons. The number of aromatic amines is 1. The molecular weight excluding hydrogens is 315 g/mol. The van der Waals surface area contributed by atoms with Crippen LogP contribution in [0.2, 0.25) is 0 Å². The maximum Gasteiger partial charge on any atom is 0.159 e. The molecule has 4 aromatic rings. The van der Waals surface area contributed by atoms with Crippen molar-refractivity contribution in [3.8, 4) is 22.6 Å². The van der Waals surface area contributed by atoms with E-state index in [4.69, 9.17) is 0 Å². The lowest BCUT2D eigenvalue weighted by Gasteiger charge is -2.01. The Bertz CT molecular complexity index is 961. The van der Waals surface area contributed by atoms with Crippen molar-refractivity contribution in [1.82, 2.24) is 19.9 Å². The van der Waals surface area contributed by atoms with Crippen LogP contribution in [-0.2, 0) is 6.42 Å². The fraction of sp³-hybridized carbons (Fsp3) is 0.0500. The van der Waals surface area contributed by atoms with Gasteiger partial charge < -0.3 is 4.98 Å². The number of nitrogens with one attached hydrogen (secondary N) is 1. The van der Waals surface area contributed by atoms with Gasteiger partial charge in [0.05, 0.1) is 5.69 Å². The van der Waals surface area contributed by atoms with Crippen molar-refractivity contribution in [2.24, 2.45) is 0 Å². The number of nitrogens with zero attached hydrogens (tertiary/aromatic N) is 3. The number of hydrogen-bond acceptors (Lipinski definition) is 3. The number of H-pyrrole nitrogens is 1. The lowest BCUT2D eigenvalue weighted by Crippen LogP contribution is -1.92. The number of imidazole rings is 1. The molecule has 4 rings (SSSR count). The average Bonchev–Trinajstić information content (AvgIpc) is 3.13. The zero-order chi connectivity index (χ0) is 17.1. The van der Waals surface area contributed by atoms with E-state index in [2.05, 4.69) is 19.9 Å². The van der Waals surface area contributed by atoms with Gasteiger partial charge >= 0.3 is 0 Å². The van der Waals surface area contributed by atoms with Crippen LogP contribution >= 0.6 is 0 Å². The molecule has 4 nitrogen and oxygen atoms in total. The van der Waals surface area contributed by atoms with E-state index < -0.39 is 0 Å². The van der Waals surface area contributed by atoms with Crippen LogP contribution in [-0.4, -0.2) is 19.9 Å². The van der Waals surface area contributed by atoms with Gasteiger partial charge in [-0.3, -0.25) is 0 Å². The van der Waals surface area contributed by atoms with E-state index in [1.165, 1.54) is 12.1 Å². The molecule has 2 aromatic heterocycles. The van der Waals surface area contributed by atoms with E-state index in [-0.39, 0.29) is 5.82 Å². The van der Waals surface area contributed by atoms with Gasteiger partial charge in [0.25, 0.3) is 0 Å². The van der Waals surface area contributed by atoms with Crippen molar-refractivity contribution >= 4 is 0 Å². The summed E-state index contributed by atoms with van der Waals surface area (Å²) in [6, 6.07) is 16.3. The highest BCUT2D eigenvalue weighted by Gasteiger charge is 2.07. The Hall–Kier alpha value is -3.34. The number of hydrogen-bond donors (Lipinski definition) is 1. The van der Waals surface area contributed by atoms with Gasteiger partial charge in [-0.15, -0.1) is 0 Å². The minimum absolute atomic E-state index is 0.237. The topological polar surface area (TPSA) is 54.5 Å². The quantitative estimate of drug-likeness (QED) is 0.608. The summed E-state index contributed by atoms with van der Waals surface area (Å²) in [4.78, 5) is 16.6. The van der Waals surface area contributed by atoms with Crippen LogP contribution in [0.5, 0.6) is 0 Å². The lowest BCUT2D eigenvalue weighted by molar-refractivity contribution is 0.627. The fourth-order valence-corrected chi connectivity index (χ4v) is 2.59. The molecule has 25 heavy (non-hydrogen) atoms. The molecular formula is C20H15FN4. The molecule has 5 heteroatoms. The molecule has 0 saturated carbocycles. The summed E-state index contributed by atoms with van der Waals surface area (Å²) < 4.78 is 13.0. The molecule has 0 atom stereocenters. The van der Waals surface area contributed by atoms with Crippen molar-refractivity contribution in [2.45, 2.75) is 6.42 Å². The molecule has 0 unspecified atom stereocenters. The molecule has 0 spiro atoms. The Morgan fingerprint density at radius 3 is 2.28 bits per heavy atom. The Morgan fingerprint density at radius 2 is 1.56 bits per heavy atom. The highest BCUT2D eigenvalue weighted by molar-refractivity contribution is 5.60. The molecule has 1 N–H and O–H groups in total. The molecule has 0 saturated heterocycles. The predicted molar refractivity (Wildman–Crippen MR) is 94.3 cm³/mol. The highest BCUT2D eigenvalue weighted by atomic mass is 19.1. The molecule has 0 fully saturated rings. The Balaban J connectivity index is 1.52. The van der Waals surface area contributed by atoms with E-state index in [0.29, 0.717) is 12.2 Å². The number of halogens is 1. The Morgan fingerprint density at radius 1 is 0.840 bits per heavy atom. The minimum atomic E-state index is -0.237. The Kier molecular flexibility index (Phi) is 4.04. The first-order valence-corrected chi connectivity index (χ1v) is 7.94. The summed E-state index contributed by atoms with van der Waals surface area (Å²) in [6.45, 7) is 0. The molecule has 0 radical (unpaired) electrons. The van der Waals surface area contributed by atoms with Crippen LogP contribution in [0.4, 0.5) is 4.39 Å². The lowest BCUT2D eigenvalue weighted by atomic mass is 10.1. The molecule has 2 heterocycles. The van der Waals surface area contributed by atoms with Crippen LogP contribution in [0.3, 0.4) is 0 Å². The summed E-state index contributed by atoms with van der Waals surface area (Å²) in [6.07, 6.45) is 5.99. The number of benzene rings is 2. The molecule has 0 amide bonds. The van der Waals surface area contributed by atoms with Gasteiger partial charge in [-0.1, -0.05) is 42.5 Å². The normalized spacial score (nSPS) is 10.8. The van der Waals surface area contributed by atoms with E-state index >= 15 is 0 Å². The largest absolute Gasteiger partial charge is 0.348 e. The maximum absolute atomic E-state index is 13.0. The summed E-state index contributed by atoms with van der Waals surface area (Å²) in [7, 11) is 0. The van der Waals surface area contributed by atoms with Gasteiger partial charge in [0.2, 0.25) is 0 Å². The number of rotatable bonds is 4. The van der Waals surface area contributed by atoms with Gasteiger partial charge in [-0.2, -0.15) is 0 Å². The van der Waals surface area contributed by atoms with E-state index in [9.17, 15) is 4.39 Å². The van der Waals surface area contributed by atoms with E-state index in [0.717, 1.165) is 28.2 Å². The zero-order valence-corrected chi connectivity index (χ0v) is 13.4. The fourth-order valence-electron chi connectivity index (χ4n) is 2.59. The maximum atomic E-state index is 13.0. The SMILES string of the molecule is Fc1ccc(Cc2nc(-c3cnc(-c4ccccc4)nc3)c[nH]2)cc1. The van der Waals surface area contributed by atoms with Gasteiger partial charge in [0.15, 0.2) is 5.82 Å². The van der Waals surface area contributed by atoms with Crippen molar-refractivity contribution < 1.29 is 4.39 Å². The van der Waals surface area contributed by atoms with Gasteiger partial charge in [-0.05, 0) is 17.7 Å². The van der Waals surface area contributed by atoms with Crippen molar-refractivity contribution in [3.05, 3.63) is 90.4 Å². The van der Waals surface area contributed by atoms with Crippen LogP contribution in [0.25, 0.3) is 22.6 Å². The third kappa shape index (κ3) is 3.45. The summed E-state index contributed by atoms with van der Waals surface area (Å²) >= 11 is 0. The van der Waals surface area contributed by atoms with Crippen LogP contribution in [0, 0.1) is 5.82 Å². The molecule has 0 bridgehead atoms. The van der Waals surface area contributed by atoms with Crippen LogP contribution < -0.4 is 0 Å². The summed E-state index contributed by atoms with van der Waals surface area (Å²) in [5.74, 6) is 1.26. The predicted octanol–water partition coefficient (Wildman–Crippen LogP) is 4.26. The average molecular weight is 330 g/mol. The highest BCUT2D eigenvalue weighted by Crippen LogP contribution is 2.19. The van der Waals surface area contributed by atoms with Gasteiger partial charge in [-0.25, -0.2) is 19.3 Å². The first-order chi connectivity index (χ1) is 12.3. The molecule has 2 aromatic carbocycles. The van der Waals surface area contributed by atoms with E-state index in [1.807, 2.05) is 36.5 Å². The smallest absolute Gasteiger partial charge is 0.159 e. The third-order valence-electron chi connectivity index (χ3n) is 3.90. The second-order valence-corrected chi connectivity index (χ2v) is 5.70. The van der Waals surface area contributed by atoms with E-state index in [1.54, 1.807) is 24.5 Å². The van der Waals surface area contributed by atoms with Crippen molar-refractivity contribution in [1.29, 1.82) is 0 Å². The van der Waals surface area contributed by atoms with Crippen LogP contribution in [0.15, 0.2) is 73.2 Å². The zero-order valence-electron chi connectivity index (χ0n) is 13.4. The third-order valence-corrected chi connectivity index (χ3v) is 3.90. The monoisotopic (exact) mass is 330 g/mol. The summed E-state index contributed by atoms with van der Waals surface area (Å²) in [5, 5.41) is 0. The second kappa shape index (κ2) is 6.65. The molecule has 0 aliphatic rings. The first-order valence-electron chi connectivity index (χ1n) is 7.94. The van der Waals surface area contributed by atoms with Gasteiger partial charge in [0.1, 0.15) is 11.6 Å². The van der Waals surface area contributed by atoms with Crippen molar-refractivity contribution in [3.63, 3.8) is 0 Å². The van der Waals surface area contributed by atoms with Crippen molar-refractivity contribution in [2.75, 3.05) is 0 Å². The van der Waals surface area contributed by atoms with Gasteiger partial charge in [0, 0.05) is 36.1 Å².